The molecule has 0 amide bonds. The molecule has 110 valence electrons. The number of ether oxygens (including phenoxy) is 2. The predicted octanol–water partition coefficient (Wildman–Crippen LogP) is 1.75. The predicted molar refractivity (Wildman–Crippen MR) is 75.1 cm³/mol. The zero-order chi connectivity index (χ0) is 15.0. The highest BCUT2D eigenvalue weighted by atomic mass is 32.2. The first-order valence-corrected chi connectivity index (χ1v) is 7.56. The average Bonchev–Trinajstić information content (AvgIpc) is 2.38. The number of hydrogen-bond donors (Lipinski definition) is 0. The van der Waals surface area contributed by atoms with Gasteiger partial charge in [-0.3, -0.25) is 4.18 Å². The van der Waals surface area contributed by atoms with Gasteiger partial charge in [0.25, 0.3) is 0 Å². The van der Waals surface area contributed by atoms with Gasteiger partial charge in [0.05, 0.1) is 13.2 Å². The first-order chi connectivity index (χ1) is 9.51. The van der Waals surface area contributed by atoms with Crippen molar-refractivity contribution in [1.82, 2.24) is 0 Å². The lowest BCUT2D eigenvalue weighted by molar-refractivity contribution is 0.123. The van der Waals surface area contributed by atoms with Gasteiger partial charge in [0.1, 0.15) is 23.9 Å². The van der Waals surface area contributed by atoms with Crippen molar-refractivity contribution < 1.29 is 22.1 Å². The quantitative estimate of drug-likeness (QED) is 0.416. The summed E-state index contributed by atoms with van der Waals surface area (Å²) in [4.78, 5) is 0.0156. The lowest BCUT2D eigenvalue weighted by atomic mass is 10.2. The number of aryl methyl sites for hydroxylation is 1. The zero-order valence-electron chi connectivity index (χ0n) is 11.6. The van der Waals surface area contributed by atoms with Crippen LogP contribution in [0.4, 0.5) is 0 Å². The van der Waals surface area contributed by atoms with Gasteiger partial charge in [-0.15, -0.1) is 6.42 Å². The Labute approximate surface area is 120 Å². The van der Waals surface area contributed by atoms with Gasteiger partial charge in [-0.2, -0.15) is 8.42 Å². The Kier molecular flexibility index (Phi) is 6.52. The highest BCUT2D eigenvalue weighted by molar-refractivity contribution is 7.86. The van der Waals surface area contributed by atoms with Crippen molar-refractivity contribution >= 4 is 10.1 Å². The van der Waals surface area contributed by atoms with Gasteiger partial charge < -0.3 is 9.47 Å². The monoisotopic (exact) mass is 298 g/mol. The summed E-state index contributed by atoms with van der Waals surface area (Å²) >= 11 is 0. The molecule has 0 aliphatic rings. The number of hydrogen-bond acceptors (Lipinski definition) is 5. The van der Waals surface area contributed by atoms with Crippen molar-refractivity contribution in [2.45, 2.75) is 18.7 Å². The van der Waals surface area contributed by atoms with Gasteiger partial charge in [-0.1, -0.05) is 12.0 Å². The fraction of sp³-hybridized carbons (Fsp3) is 0.429. The molecule has 0 saturated heterocycles. The molecular weight excluding hydrogens is 280 g/mol. The van der Waals surface area contributed by atoms with Crippen LogP contribution in [0.1, 0.15) is 12.5 Å². The van der Waals surface area contributed by atoms with E-state index in [-0.39, 0.29) is 37.1 Å². The van der Waals surface area contributed by atoms with Crippen LogP contribution in [0.3, 0.4) is 0 Å². The Balaban J connectivity index is 2.84. The first kappa shape index (κ1) is 16.5. The van der Waals surface area contributed by atoms with Crippen LogP contribution in [0.15, 0.2) is 23.1 Å². The summed E-state index contributed by atoms with van der Waals surface area (Å²) in [5.74, 6) is 2.59. The Hall–Kier alpha value is -1.55. The van der Waals surface area contributed by atoms with Gasteiger partial charge >= 0.3 is 10.1 Å². The van der Waals surface area contributed by atoms with Crippen LogP contribution in [0, 0.1) is 19.3 Å². The second kappa shape index (κ2) is 7.90. The molecule has 1 aromatic carbocycles. The molecule has 0 bridgehead atoms. The van der Waals surface area contributed by atoms with Gasteiger partial charge in [0.15, 0.2) is 0 Å². The van der Waals surface area contributed by atoms with Crippen LogP contribution < -0.4 is 4.74 Å². The normalized spacial score (nSPS) is 11.1. The molecule has 0 radical (unpaired) electrons. The standard InChI is InChI=1S/C14H18O5S/c1-4-8-17-9-10-18-13-11-12(3)6-7-14(13)20(15,16)19-5-2/h1,6-7,11H,5,8-10H2,2-3H3. The topological polar surface area (TPSA) is 61.8 Å². The van der Waals surface area contributed by atoms with Crippen LogP contribution in [0.2, 0.25) is 0 Å². The maximum Gasteiger partial charge on any atom is 0.300 e. The highest BCUT2D eigenvalue weighted by Gasteiger charge is 2.20. The molecule has 0 fully saturated rings. The molecule has 1 aromatic rings. The Bertz CT molecular complexity index is 572. The van der Waals surface area contributed by atoms with Crippen molar-refractivity contribution in [1.29, 1.82) is 0 Å². The Morgan fingerprint density at radius 2 is 2.05 bits per heavy atom. The lowest BCUT2D eigenvalue weighted by Crippen LogP contribution is -2.12. The molecule has 1 rings (SSSR count). The largest absolute Gasteiger partial charge is 0.490 e. The SMILES string of the molecule is C#CCOCCOc1cc(C)ccc1S(=O)(=O)OCC. The van der Waals surface area contributed by atoms with Crippen molar-refractivity contribution in [3.8, 4) is 18.1 Å². The molecule has 5 nitrogen and oxygen atoms in total. The summed E-state index contributed by atoms with van der Waals surface area (Å²) in [5, 5.41) is 0. The molecule has 0 saturated carbocycles. The maximum absolute atomic E-state index is 11.9. The smallest absolute Gasteiger partial charge is 0.300 e. The van der Waals surface area contributed by atoms with E-state index in [0.717, 1.165) is 5.56 Å². The van der Waals surface area contributed by atoms with Crippen molar-refractivity contribution in [3.63, 3.8) is 0 Å². The van der Waals surface area contributed by atoms with Crippen LogP contribution in [0.5, 0.6) is 5.75 Å². The summed E-state index contributed by atoms with van der Waals surface area (Å²) in [6.07, 6.45) is 5.04. The lowest BCUT2D eigenvalue weighted by Gasteiger charge is -2.12. The maximum atomic E-state index is 11.9. The average molecular weight is 298 g/mol. The van der Waals surface area contributed by atoms with E-state index in [1.165, 1.54) is 6.07 Å². The third kappa shape index (κ3) is 4.85. The van der Waals surface area contributed by atoms with E-state index in [1.807, 2.05) is 6.92 Å². The molecule has 6 heteroatoms. The van der Waals surface area contributed by atoms with Crippen molar-refractivity contribution in [2.24, 2.45) is 0 Å². The van der Waals surface area contributed by atoms with E-state index >= 15 is 0 Å². The summed E-state index contributed by atoms with van der Waals surface area (Å²) < 4.78 is 39.2. The van der Waals surface area contributed by atoms with E-state index in [0.29, 0.717) is 0 Å². The molecule has 20 heavy (non-hydrogen) atoms. The summed E-state index contributed by atoms with van der Waals surface area (Å²) in [6, 6.07) is 4.80. The van der Waals surface area contributed by atoms with E-state index in [9.17, 15) is 8.42 Å². The number of benzene rings is 1. The Morgan fingerprint density at radius 3 is 2.70 bits per heavy atom. The summed E-state index contributed by atoms with van der Waals surface area (Å²) in [7, 11) is -3.80. The number of rotatable bonds is 8. The van der Waals surface area contributed by atoms with Crippen molar-refractivity contribution in [3.05, 3.63) is 23.8 Å². The van der Waals surface area contributed by atoms with E-state index < -0.39 is 10.1 Å². The molecular formula is C14H18O5S. The third-order valence-electron chi connectivity index (χ3n) is 2.31. The Morgan fingerprint density at radius 1 is 1.30 bits per heavy atom. The fourth-order valence-electron chi connectivity index (χ4n) is 1.49. The van der Waals surface area contributed by atoms with Gasteiger partial charge in [-0.25, -0.2) is 0 Å². The van der Waals surface area contributed by atoms with Crippen LogP contribution >= 0.6 is 0 Å². The molecule has 0 heterocycles. The number of terminal acetylenes is 1. The molecule has 0 N–H and O–H groups in total. The molecule has 0 atom stereocenters. The molecule has 0 aromatic heterocycles. The van der Waals surface area contributed by atoms with E-state index in [2.05, 4.69) is 5.92 Å². The minimum absolute atomic E-state index is 0.0156. The summed E-state index contributed by atoms with van der Waals surface area (Å²) in [6.45, 7) is 4.22. The highest BCUT2D eigenvalue weighted by Crippen LogP contribution is 2.26. The van der Waals surface area contributed by atoms with Gasteiger partial charge in [-0.05, 0) is 31.5 Å². The fourth-order valence-corrected chi connectivity index (χ4v) is 2.53. The van der Waals surface area contributed by atoms with Crippen LogP contribution in [-0.4, -0.2) is 34.8 Å². The van der Waals surface area contributed by atoms with Crippen molar-refractivity contribution in [2.75, 3.05) is 26.4 Å². The van der Waals surface area contributed by atoms with Gasteiger partial charge in [0.2, 0.25) is 0 Å². The zero-order valence-corrected chi connectivity index (χ0v) is 12.4. The minimum Gasteiger partial charge on any atom is -0.490 e. The van der Waals surface area contributed by atoms with Crippen LogP contribution in [-0.2, 0) is 19.0 Å². The molecule has 0 spiro atoms. The van der Waals surface area contributed by atoms with E-state index in [4.69, 9.17) is 20.1 Å². The second-order valence-electron chi connectivity index (χ2n) is 3.92. The molecule has 0 unspecified atom stereocenters. The molecule has 0 aliphatic heterocycles. The third-order valence-corrected chi connectivity index (χ3v) is 3.73. The second-order valence-corrected chi connectivity index (χ2v) is 5.50. The minimum atomic E-state index is -3.80. The van der Waals surface area contributed by atoms with E-state index in [1.54, 1.807) is 19.1 Å². The molecule has 0 aliphatic carbocycles. The first-order valence-electron chi connectivity index (χ1n) is 6.15. The summed E-state index contributed by atoms with van der Waals surface area (Å²) in [5.41, 5.74) is 0.889. The van der Waals surface area contributed by atoms with Gasteiger partial charge in [0, 0.05) is 0 Å². The van der Waals surface area contributed by atoms with Crippen LogP contribution in [0.25, 0.3) is 0 Å².